The van der Waals surface area contributed by atoms with Gasteiger partial charge < -0.3 is 14.0 Å². The topological polar surface area (TPSA) is 74.5 Å². The van der Waals surface area contributed by atoms with Crippen molar-refractivity contribution < 1.29 is 36.4 Å². The van der Waals surface area contributed by atoms with Crippen LogP contribution >= 0.6 is 0 Å². The number of ether oxygens (including phenoxy) is 2. The number of hydrogen-bond acceptors (Lipinski definition) is 6. The maximum Gasteiger partial charge on any atom is 0.419 e. The van der Waals surface area contributed by atoms with E-state index < -0.39 is 36.7 Å². The van der Waals surface area contributed by atoms with Crippen LogP contribution in [0.3, 0.4) is 0 Å². The number of carbonyl (C=O) groups is 1. The van der Waals surface area contributed by atoms with E-state index in [0.717, 1.165) is 12.1 Å². The Morgan fingerprint density at radius 2 is 1.79 bits per heavy atom. The molecular formula is C19H14F4N2O4. The Hall–Kier alpha value is -3.43. The number of nitrogens with zero attached hydrogens (tertiary/aromatic N) is 2. The molecule has 1 heterocycles. The summed E-state index contributed by atoms with van der Waals surface area (Å²) in [5.41, 5.74) is -0.245. The van der Waals surface area contributed by atoms with Gasteiger partial charge >= 0.3 is 12.1 Å². The Morgan fingerprint density at radius 3 is 2.41 bits per heavy atom. The highest BCUT2D eigenvalue weighted by Gasteiger charge is 2.35. The van der Waals surface area contributed by atoms with Gasteiger partial charge in [-0.2, -0.15) is 18.2 Å². The minimum Gasteiger partial charge on any atom is -0.490 e. The van der Waals surface area contributed by atoms with E-state index in [2.05, 4.69) is 14.9 Å². The number of rotatable bonds is 6. The number of halogens is 4. The summed E-state index contributed by atoms with van der Waals surface area (Å²) in [5, 5.41) is 3.76. The van der Waals surface area contributed by atoms with Crippen molar-refractivity contribution in [3.8, 4) is 28.6 Å². The number of benzene rings is 2. The average molecular weight is 410 g/mol. The molecule has 0 saturated carbocycles. The van der Waals surface area contributed by atoms with Crippen molar-refractivity contribution in [3.63, 3.8) is 0 Å². The number of alkyl halides is 4. The van der Waals surface area contributed by atoms with Crippen LogP contribution in [0.2, 0.25) is 0 Å². The molecule has 0 N–H and O–H groups in total. The molecule has 0 aliphatic rings. The van der Waals surface area contributed by atoms with E-state index >= 15 is 0 Å². The summed E-state index contributed by atoms with van der Waals surface area (Å²) in [4.78, 5) is 15.6. The zero-order valence-electron chi connectivity index (χ0n) is 15.0. The molecule has 0 spiro atoms. The second-order valence-corrected chi connectivity index (χ2v) is 5.74. The lowest BCUT2D eigenvalue weighted by atomic mass is 10.1. The van der Waals surface area contributed by atoms with Gasteiger partial charge in [-0.3, -0.25) is 0 Å². The monoisotopic (exact) mass is 410 g/mol. The molecule has 0 unspecified atom stereocenters. The van der Waals surface area contributed by atoms with E-state index in [-0.39, 0.29) is 17.3 Å². The number of hydrogen-bond donors (Lipinski definition) is 0. The quantitative estimate of drug-likeness (QED) is 0.438. The minimum absolute atomic E-state index is 0.0230. The fourth-order valence-electron chi connectivity index (χ4n) is 2.49. The third-order valence-electron chi connectivity index (χ3n) is 3.86. The van der Waals surface area contributed by atoms with Crippen molar-refractivity contribution >= 4 is 5.97 Å². The second kappa shape index (κ2) is 8.29. The van der Waals surface area contributed by atoms with Gasteiger partial charge in [0, 0.05) is 11.1 Å². The Morgan fingerprint density at radius 1 is 1.10 bits per heavy atom. The second-order valence-electron chi connectivity index (χ2n) is 5.74. The van der Waals surface area contributed by atoms with E-state index in [1.54, 1.807) is 12.1 Å². The van der Waals surface area contributed by atoms with Crippen molar-refractivity contribution in [2.75, 3.05) is 20.4 Å². The Labute approximate surface area is 162 Å². The van der Waals surface area contributed by atoms with Crippen molar-refractivity contribution in [2.24, 2.45) is 0 Å². The molecule has 0 fully saturated rings. The van der Waals surface area contributed by atoms with Gasteiger partial charge in [0.1, 0.15) is 19.0 Å². The van der Waals surface area contributed by atoms with Crippen LogP contribution in [0.4, 0.5) is 17.6 Å². The lowest BCUT2D eigenvalue weighted by molar-refractivity contribution is -0.138. The molecule has 2 aromatic carbocycles. The van der Waals surface area contributed by atoms with Crippen molar-refractivity contribution in [1.29, 1.82) is 0 Å². The maximum absolute atomic E-state index is 13.3. The summed E-state index contributed by atoms with van der Waals surface area (Å²) >= 11 is 0. The molecule has 0 saturated heterocycles. The predicted octanol–water partition coefficient (Wildman–Crippen LogP) is 4.56. The minimum atomic E-state index is -4.71. The third kappa shape index (κ3) is 4.53. The van der Waals surface area contributed by atoms with Crippen molar-refractivity contribution in [1.82, 2.24) is 10.1 Å². The normalized spacial score (nSPS) is 11.3. The fraction of sp³-hybridized carbons (Fsp3) is 0.211. The molecule has 0 radical (unpaired) electrons. The molecule has 3 aromatic rings. The largest absolute Gasteiger partial charge is 0.490 e. The van der Waals surface area contributed by atoms with Gasteiger partial charge in [0.25, 0.3) is 5.89 Å². The van der Waals surface area contributed by atoms with Crippen LogP contribution in [-0.2, 0) is 10.9 Å². The van der Waals surface area contributed by atoms with Crippen LogP contribution in [0.1, 0.15) is 15.9 Å². The van der Waals surface area contributed by atoms with Crippen LogP contribution in [-0.4, -0.2) is 36.5 Å². The molecule has 0 aliphatic carbocycles. The van der Waals surface area contributed by atoms with E-state index in [9.17, 15) is 22.4 Å². The fourth-order valence-corrected chi connectivity index (χ4v) is 2.49. The summed E-state index contributed by atoms with van der Waals surface area (Å²) in [6.45, 7) is -1.41. The first-order valence-electron chi connectivity index (χ1n) is 8.26. The highest BCUT2D eigenvalue weighted by atomic mass is 19.4. The van der Waals surface area contributed by atoms with Gasteiger partial charge in [0.15, 0.2) is 0 Å². The van der Waals surface area contributed by atoms with Crippen LogP contribution in [0.25, 0.3) is 22.8 Å². The van der Waals surface area contributed by atoms with E-state index in [1.807, 2.05) is 0 Å². The molecule has 152 valence electrons. The van der Waals surface area contributed by atoms with Gasteiger partial charge in [-0.25, -0.2) is 9.18 Å². The lowest BCUT2D eigenvalue weighted by Gasteiger charge is -2.13. The Balaban J connectivity index is 1.90. The number of aromatic nitrogens is 2. The molecule has 0 amide bonds. The molecule has 0 bridgehead atoms. The van der Waals surface area contributed by atoms with Crippen LogP contribution in [0, 0.1) is 0 Å². The van der Waals surface area contributed by atoms with Crippen LogP contribution in [0.5, 0.6) is 5.75 Å². The highest BCUT2D eigenvalue weighted by molar-refractivity contribution is 5.89. The SMILES string of the molecule is COC(=O)c1ccc(-c2noc(-c3ccc(OCCF)c(C(F)(F)F)c3)n2)cc1. The zero-order valence-corrected chi connectivity index (χ0v) is 15.0. The number of carbonyl (C=O) groups excluding carboxylic acids is 1. The summed E-state index contributed by atoms with van der Waals surface area (Å²) in [5.74, 6) is -1.01. The zero-order chi connectivity index (χ0) is 21.0. The highest BCUT2D eigenvalue weighted by Crippen LogP contribution is 2.38. The smallest absolute Gasteiger partial charge is 0.419 e. The first-order chi connectivity index (χ1) is 13.8. The number of methoxy groups -OCH3 is 1. The standard InChI is InChI=1S/C19H14F4N2O4/c1-27-18(26)12-4-2-11(3-5-12)16-24-17(29-25-16)13-6-7-15(28-9-8-20)14(10-13)19(21,22)23/h2-7,10H,8-9H2,1H3. The summed E-state index contributed by atoms with van der Waals surface area (Å²) in [7, 11) is 1.25. The number of esters is 1. The van der Waals surface area contributed by atoms with Crippen molar-refractivity contribution in [2.45, 2.75) is 6.18 Å². The van der Waals surface area contributed by atoms with Crippen LogP contribution in [0.15, 0.2) is 47.0 Å². The predicted molar refractivity (Wildman–Crippen MR) is 93.0 cm³/mol. The maximum atomic E-state index is 13.3. The van der Waals surface area contributed by atoms with Crippen LogP contribution < -0.4 is 4.74 Å². The first kappa shape index (κ1) is 20.3. The van der Waals surface area contributed by atoms with Gasteiger partial charge in [0.05, 0.1) is 18.2 Å². The van der Waals surface area contributed by atoms with E-state index in [1.165, 1.54) is 25.3 Å². The lowest BCUT2D eigenvalue weighted by Crippen LogP contribution is -2.10. The van der Waals surface area contributed by atoms with Gasteiger partial charge in [0.2, 0.25) is 5.82 Å². The van der Waals surface area contributed by atoms with Gasteiger partial charge in [-0.15, -0.1) is 0 Å². The molecular weight excluding hydrogens is 396 g/mol. The molecule has 0 atom stereocenters. The molecule has 29 heavy (non-hydrogen) atoms. The molecule has 1 aromatic heterocycles. The first-order valence-corrected chi connectivity index (χ1v) is 8.26. The summed E-state index contributed by atoms with van der Waals surface area (Å²) in [6.07, 6.45) is -4.71. The Kier molecular flexibility index (Phi) is 5.81. The molecule has 6 nitrogen and oxygen atoms in total. The molecule has 10 heteroatoms. The van der Waals surface area contributed by atoms with Gasteiger partial charge in [-0.1, -0.05) is 17.3 Å². The average Bonchev–Trinajstić information content (AvgIpc) is 3.21. The van der Waals surface area contributed by atoms with E-state index in [0.29, 0.717) is 11.1 Å². The Bertz CT molecular complexity index is 1000. The molecule has 3 rings (SSSR count). The molecule has 0 aliphatic heterocycles. The summed E-state index contributed by atoms with van der Waals surface area (Å²) < 4.78 is 66.6. The third-order valence-corrected chi connectivity index (χ3v) is 3.86. The summed E-state index contributed by atoms with van der Waals surface area (Å²) in [6, 6.07) is 9.27. The van der Waals surface area contributed by atoms with Gasteiger partial charge in [-0.05, 0) is 30.3 Å². The van der Waals surface area contributed by atoms with E-state index in [4.69, 9.17) is 9.26 Å². The van der Waals surface area contributed by atoms with Crippen molar-refractivity contribution in [3.05, 3.63) is 53.6 Å².